The summed E-state index contributed by atoms with van der Waals surface area (Å²) >= 11 is 0. The molecule has 0 saturated carbocycles. The van der Waals surface area contributed by atoms with E-state index in [0.29, 0.717) is 13.2 Å². The van der Waals surface area contributed by atoms with Crippen molar-refractivity contribution in [1.29, 1.82) is 0 Å². The van der Waals surface area contributed by atoms with Gasteiger partial charge in [0.15, 0.2) is 0 Å². The van der Waals surface area contributed by atoms with Gasteiger partial charge in [-0.25, -0.2) is 4.79 Å². The van der Waals surface area contributed by atoms with Crippen LogP contribution in [-0.4, -0.2) is 31.1 Å². The third-order valence-electron chi connectivity index (χ3n) is 3.22. The molecule has 2 rings (SSSR count). The number of benzene rings is 2. The van der Waals surface area contributed by atoms with E-state index in [9.17, 15) is 4.79 Å². The molecule has 0 heterocycles. The summed E-state index contributed by atoms with van der Waals surface area (Å²) in [5.41, 5.74) is 2.24. The molecule has 0 radical (unpaired) electrons. The molecule has 0 aliphatic heterocycles. The summed E-state index contributed by atoms with van der Waals surface area (Å²) in [4.78, 5) is 13.8. The lowest BCUT2D eigenvalue weighted by atomic mass is 10.2. The Morgan fingerprint density at radius 2 is 1.65 bits per heavy atom. The molecule has 0 spiro atoms. The number of likely N-dealkylation sites (N-methyl/N-ethyl adjacent to an activating group) is 1. The van der Waals surface area contributed by atoms with Crippen LogP contribution in [0.2, 0.25) is 0 Å². The average Bonchev–Trinajstić information content (AvgIpc) is 2.55. The largest absolute Gasteiger partial charge is 0.461 e. The van der Waals surface area contributed by atoms with Crippen molar-refractivity contribution in [2.24, 2.45) is 0 Å². The fourth-order valence-electron chi connectivity index (χ4n) is 2.05. The van der Waals surface area contributed by atoms with Gasteiger partial charge in [-0.15, -0.1) is 12.4 Å². The summed E-state index contributed by atoms with van der Waals surface area (Å²) in [5, 5.41) is 0. The lowest BCUT2D eigenvalue weighted by molar-refractivity contribution is -0.138. The summed E-state index contributed by atoms with van der Waals surface area (Å²) in [7, 11) is 2.01. The SMILES string of the molecule is CN(CCOC(=O)C=Cc1ccccc1)Cc1ccccc1.Cl. The average molecular weight is 332 g/mol. The first-order valence-electron chi connectivity index (χ1n) is 7.36. The number of rotatable bonds is 7. The molecular weight excluding hydrogens is 310 g/mol. The predicted molar refractivity (Wildman–Crippen MR) is 96.5 cm³/mol. The third kappa shape index (κ3) is 7.63. The first-order chi connectivity index (χ1) is 10.7. The first kappa shape index (κ1) is 18.9. The molecule has 4 heteroatoms. The minimum atomic E-state index is -0.308. The second kappa shape index (κ2) is 10.6. The Morgan fingerprint density at radius 1 is 1.04 bits per heavy atom. The van der Waals surface area contributed by atoms with Gasteiger partial charge < -0.3 is 4.74 Å². The van der Waals surface area contributed by atoms with Crippen LogP contribution in [0, 0.1) is 0 Å². The van der Waals surface area contributed by atoms with Crippen LogP contribution in [0.5, 0.6) is 0 Å². The summed E-state index contributed by atoms with van der Waals surface area (Å²) < 4.78 is 5.20. The van der Waals surface area contributed by atoms with Gasteiger partial charge >= 0.3 is 5.97 Å². The molecule has 0 saturated heterocycles. The topological polar surface area (TPSA) is 29.5 Å². The standard InChI is InChI=1S/C19H21NO2.ClH/c1-20(16-18-10-6-3-7-11-18)14-15-22-19(21)13-12-17-8-4-2-5-9-17;/h2-13H,14-16H2,1H3;1H. The van der Waals surface area contributed by atoms with E-state index in [1.54, 1.807) is 6.08 Å². The Morgan fingerprint density at radius 3 is 2.30 bits per heavy atom. The zero-order chi connectivity index (χ0) is 15.6. The summed E-state index contributed by atoms with van der Waals surface area (Å²) in [6, 6.07) is 19.9. The van der Waals surface area contributed by atoms with Crippen LogP contribution in [-0.2, 0) is 16.1 Å². The Bertz CT molecular complexity index is 599. The van der Waals surface area contributed by atoms with Crippen LogP contribution >= 0.6 is 12.4 Å². The number of hydrogen-bond donors (Lipinski definition) is 0. The molecule has 0 bridgehead atoms. The van der Waals surface area contributed by atoms with Crippen molar-refractivity contribution in [1.82, 2.24) is 4.90 Å². The van der Waals surface area contributed by atoms with Crippen molar-refractivity contribution in [3.63, 3.8) is 0 Å². The highest BCUT2D eigenvalue weighted by molar-refractivity contribution is 5.87. The molecule has 2 aromatic rings. The van der Waals surface area contributed by atoms with Crippen LogP contribution in [0.1, 0.15) is 11.1 Å². The summed E-state index contributed by atoms with van der Waals surface area (Å²) in [5.74, 6) is -0.308. The lowest BCUT2D eigenvalue weighted by Crippen LogP contribution is -2.23. The molecule has 3 nitrogen and oxygen atoms in total. The molecule has 0 amide bonds. The fraction of sp³-hybridized carbons (Fsp3) is 0.211. The maximum Gasteiger partial charge on any atom is 0.330 e. The highest BCUT2D eigenvalue weighted by atomic mass is 35.5. The van der Waals surface area contributed by atoms with Gasteiger partial charge in [-0.1, -0.05) is 60.7 Å². The van der Waals surface area contributed by atoms with E-state index in [2.05, 4.69) is 17.0 Å². The van der Waals surface area contributed by atoms with Gasteiger partial charge in [0.25, 0.3) is 0 Å². The molecule has 0 fully saturated rings. The van der Waals surface area contributed by atoms with Gasteiger partial charge in [-0.2, -0.15) is 0 Å². The van der Waals surface area contributed by atoms with E-state index in [1.165, 1.54) is 11.6 Å². The van der Waals surface area contributed by atoms with Crippen LogP contribution in [0.4, 0.5) is 0 Å². The second-order valence-corrected chi connectivity index (χ2v) is 5.13. The zero-order valence-corrected chi connectivity index (χ0v) is 14.0. The second-order valence-electron chi connectivity index (χ2n) is 5.13. The molecule has 2 aromatic carbocycles. The van der Waals surface area contributed by atoms with Crippen molar-refractivity contribution >= 4 is 24.5 Å². The van der Waals surface area contributed by atoms with Gasteiger partial charge in [0.2, 0.25) is 0 Å². The van der Waals surface area contributed by atoms with E-state index in [1.807, 2.05) is 55.6 Å². The number of nitrogens with zero attached hydrogens (tertiary/aromatic N) is 1. The van der Waals surface area contributed by atoms with E-state index < -0.39 is 0 Å². The molecule has 0 aromatic heterocycles. The van der Waals surface area contributed by atoms with Crippen molar-refractivity contribution in [2.45, 2.75) is 6.54 Å². The van der Waals surface area contributed by atoms with Crippen molar-refractivity contribution in [3.05, 3.63) is 77.9 Å². The van der Waals surface area contributed by atoms with Crippen molar-refractivity contribution in [3.8, 4) is 0 Å². The molecule has 122 valence electrons. The Labute approximate surface area is 144 Å². The minimum absolute atomic E-state index is 0. The quantitative estimate of drug-likeness (QED) is 0.571. The fourth-order valence-corrected chi connectivity index (χ4v) is 2.05. The monoisotopic (exact) mass is 331 g/mol. The molecule has 0 aliphatic rings. The Balaban J connectivity index is 0.00000264. The number of carbonyl (C=O) groups excluding carboxylic acids is 1. The van der Waals surface area contributed by atoms with Gasteiger partial charge in [-0.3, -0.25) is 4.90 Å². The highest BCUT2D eigenvalue weighted by Gasteiger charge is 2.02. The highest BCUT2D eigenvalue weighted by Crippen LogP contribution is 2.03. The van der Waals surface area contributed by atoms with Crippen LogP contribution < -0.4 is 0 Å². The molecule has 0 aliphatic carbocycles. The zero-order valence-electron chi connectivity index (χ0n) is 13.2. The minimum Gasteiger partial charge on any atom is -0.461 e. The normalized spacial score (nSPS) is 10.5. The van der Waals surface area contributed by atoms with E-state index in [4.69, 9.17) is 4.74 Å². The maximum atomic E-state index is 11.6. The van der Waals surface area contributed by atoms with Crippen LogP contribution in [0.15, 0.2) is 66.7 Å². The Kier molecular flexibility index (Phi) is 8.73. The number of ether oxygens (including phenoxy) is 1. The lowest BCUT2D eigenvalue weighted by Gasteiger charge is -2.16. The van der Waals surface area contributed by atoms with Gasteiger partial charge in [0.05, 0.1) is 0 Å². The number of hydrogen-bond acceptors (Lipinski definition) is 3. The van der Waals surface area contributed by atoms with Crippen molar-refractivity contribution in [2.75, 3.05) is 20.2 Å². The smallest absolute Gasteiger partial charge is 0.330 e. The van der Waals surface area contributed by atoms with Gasteiger partial charge in [0.1, 0.15) is 6.61 Å². The Hall–Kier alpha value is -2.10. The summed E-state index contributed by atoms with van der Waals surface area (Å²) in [6.45, 7) is 1.94. The van der Waals surface area contributed by atoms with Gasteiger partial charge in [0, 0.05) is 19.2 Å². The third-order valence-corrected chi connectivity index (χ3v) is 3.22. The van der Waals surface area contributed by atoms with Crippen LogP contribution in [0.25, 0.3) is 6.08 Å². The number of halogens is 1. The van der Waals surface area contributed by atoms with Gasteiger partial charge in [-0.05, 0) is 24.3 Å². The number of esters is 1. The summed E-state index contributed by atoms with van der Waals surface area (Å²) in [6.07, 6.45) is 3.22. The van der Waals surface area contributed by atoms with E-state index >= 15 is 0 Å². The first-order valence-corrected chi connectivity index (χ1v) is 7.36. The molecule has 23 heavy (non-hydrogen) atoms. The molecule has 0 N–H and O–H groups in total. The van der Waals surface area contributed by atoms with Crippen LogP contribution in [0.3, 0.4) is 0 Å². The molecular formula is C19H22ClNO2. The molecule has 0 unspecified atom stereocenters. The maximum absolute atomic E-state index is 11.6. The van der Waals surface area contributed by atoms with Crippen molar-refractivity contribution < 1.29 is 9.53 Å². The molecule has 0 atom stereocenters. The van der Waals surface area contributed by atoms with E-state index in [-0.39, 0.29) is 18.4 Å². The predicted octanol–water partition coefficient (Wildman–Crippen LogP) is 3.80. The van der Waals surface area contributed by atoms with E-state index in [0.717, 1.165) is 12.1 Å². The number of carbonyl (C=O) groups is 1.